The maximum atomic E-state index is 12.4. The third-order valence-electron chi connectivity index (χ3n) is 3.35. The smallest absolute Gasteiger partial charge is 0.282 e. The molecule has 0 bridgehead atoms. The number of carbonyl (C=O) groups is 1. The highest BCUT2D eigenvalue weighted by Crippen LogP contribution is 2.22. The number of hydrogen-bond donors (Lipinski definition) is 2. The molecule has 8 nitrogen and oxygen atoms in total. The van der Waals surface area contributed by atoms with Crippen LogP contribution in [0.3, 0.4) is 0 Å². The predicted octanol–water partition coefficient (Wildman–Crippen LogP) is 1.97. The van der Waals surface area contributed by atoms with E-state index in [9.17, 15) is 9.35 Å². The van der Waals surface area contributed by atoms with Crippen LogP contribution in [-0.4, -0.2) is 41.1 Å². The molecule has 0 aliphatic carbocycles. The number of rotatable bonds is 7. The number of aromatic amines is 1. The van der Waals surface area contributed by atoms with Crippen LogP contribution in [0, 0.1) is 5.92 Å². The van der Waals surface area contributed by atoms with Crippen molar-refractivity contribution in [1.29, 1.82) is 0 Å². The van der Waals surface area contributed by atoms with Gasteiger partial charge in [0.05, 0.1) is 6.20 Å². The summed E-state index contributed by atoms with van der Waals surface area (Å²) in [7, 11) is 0. The summed E-state index contributed by atoms with van der Waals surface area (Å²) in [6, 6.07) is 0. The average molecular weight is 339 g/mol. The number of nitrogens with zero attached hydrogens (tertiary/aromatic N) is 3. The van der Waals surface area contributed by atoms with E-state index in [0.717, 1.165) is 6.42 Å². The second-order valence-electron chi connectivity index (χ2n) is 6.06. The first-order chi connectivity index (χ1) is 10.8. The van der Waals surface area contributed by atoms with E-state index in [4.69, 9.17) is 4.42 Å². The highest BCUT2D eigenvalue weighted by Gasteiger charge is 2.40. The maximum absolute atomic E-state index is 12.4. The Morgan fingerprint density at radius 1 is 1.48 bits per heavy atom. The van der Waals surface area contributed by atoms with Crippen molar-refractivity contribution in [3.05, 3.63) is 12.5 Å². The highest BCUT2D eigenvalue weighted by atomic mass is 32.2. The molecule has 126 valence electrons. The second kappa shape index (κ2) is 7.14. The van der Waals surface area contributed by atoms with E-state index in [-0.39, 0.29) is 17.7 Å². The van der Waals surface area contributed by atoms with E-state index in [1.54, 1.807) is 13.8 Å². The van der Waals surface area contributed by atoms with Gasteiger partial charge in [0.25, 0.3) is 11.8 Å². The van der Waals surface area contributed by atoms with Gasteiger partial charge in [0.15, 0.2) is 4.75 Å². The lowest BCUT2D eigenvalue weighted by Crippen LogP contribution is -2.46. The molecular formula is C14H21N5O3S. The fraction of sp³-hybridized carbons (Fsp3) is 0.571. The third-order valence-corrected chi connectivity index (χ3v) is 5.28. The van der Waals surface area contributed by atoms with Crippen LogP contribution in [0.5, 0.6) is 0 Å². The topological polar surface area (TPSA) is 120 Å². The Morgan fingerprint density at radius 2 is 2.22 bits per heavy atom. The number of carbonyl (C=O) groups excluding carboxylic acids is 1. The van der Waals surface area contributed by atoms with Crippen molar-refractivity contribution in [3.8, 4) is 11.7 Å². The van der Waals surface area contributed by atoms with Gasteiger partial charge < -0.3 is 14.0 Å². The molecular weight excluding hydrogens is 318 g/mol. The van der Waals surface area contributed by atoms with E-state index in [1.165, 1.54) is 12.5 Å². The standard InChI is InChI=1S/C14H21N5O3S/c1-9(2)5-8-23(21)14(3,4)12(20)17-13-16-10(18-19-13)11-15-6-7-22-11/h6-7,9H,5,8H2,1-4H3,(H2,16,17,18,19,20). The Balaban J connectivity index is 2.00. The Morgan fingerprint density at radius 3 is 2.83 bits per heavy atom. The normalized spacial score (nSPS) is 13.3. The van der Waals surface area contributed by atoms with Gasteiger partial charge in [0.2, 0.25) is 11.8 Å². The first-order valence-electron chi connectivity index (χ1n) is 7.33. The number of hydrogen-bond acceptors (Lipinski definition) is 6. The van der Waals surface area contributed by atoms with E-state index in [1.807, 2.05) is 0 Å². The lowest BCUT2D eigenvalue weighted by molar-refractivity contribution is -0.117. The summed E-state index contributed by atoms with van der Waals surface area (Å²) in [6.45, 7) is 7.43. The SMILES string of the molecule is CC(C)CC[S+]([O-])C(C)(C)C(=O)Nc1nnc(-c2ncco2)[nH]1. The molecule has 0 aliphatic rings. The van der Waals surface area contributed by atoms with Crippen LogP contribution in [0.15, 0.2) is 16.9 Å². The Kier molecular flexibility index (Phi) is 5.42. The van der Waals surface area contributed by atoms with Crippen LogP contribution in [0.25, 0.3) is 11.7 Å². The van der Waals surface area contributed by atoms with Gasteiger partial charge in [-0.15, -0.1) is 10.2 Å². The molecule has 0 aromatic carbocycles. The molecule has 2 aromatic heterocycles. The summed E-state index contributed by atoms with van der Waals surface area (Å²) in [6.07, 6.45) is 3.70. The Bertz CT molecular complexity index is 639. The lowest BCUT2D eigenvalue weighted by Gasteiger charge is -2.27. The summed E-state index contributed by atoms with van der Waals surface area (Å²) in [5.74, 6) is 1.29. The van der Waals surface area contributed by atoms with Gasteiger partial charge in [0.1, 0.15) is 12.0 Å². The fourth-order valence-corrected chi connectivity index (χ4v) is 3.17. The molecule has 2 aromatic rings. The molecule has 0 saturated heterocycles. The van der Waals surface area contributed by atoms with Gasteiger partial charge in [-0.3, -0.25) is 10.1 Å². The molecule has 23 heavy (non-hydrogen) atoms. The van der Waals surface area contributed by atoms with Gasteiger partial charge in [-0.05, 0) is 37.4 Å². The Hall–Kier alpha value is -1.87. The van der Waals surface area contributed by atoms with Gasteiger partial charge in [-0.25, -0.2) is 4.98 Å². The van der Waals surface area contributed by atoms with Crippen molar-refractivity contribution in [2.24, 2.45) is 5.92 Å². The third kappa shape index (κ3) is 4.32. The van der Waals surface area contributed by atoms with Gasteiger partial charge >= 0.3 is 0 Å². The summed E-state index contributed by atoms with van der Waals surface area (Å²) in [4.78, 5) is 19.1. The van der Waals surface area contributed by atoms with Crippen molar-refractivity contribution in [3.63, 3.8) is 0 Å². The number of H-pyrrole nitrogens is 1. The summed E-state index contributed by atoms with van der Waals surface area (Å²) < 4.78 is 16.4. The molecule has 2 N–H and O–H groups in total. The zero-order valence-electron chi connectivity index (χ0n) is 13.6. The van der Waals surface area contributed by atoms with Crippen LogP contribution in [0.4, 0.5) is 5.95 Å². The molecule has 0 fully saturated rings. The molecule has 0 spiro atoms. The summed E-state index contributed by atoms with van der Waals surface area (Å²) in [5.41, 5.74) is 0. The zero-order valence-corrected chi connectivity index (χ0v) is 14.4. The second-order valence-corrected chi connectivity index (χ2v) is 8.18. The van der Waals surface area contributed by atoms with Crippen LogP contribution in [0.2, 0.25) is 0 Å². The van der Waals surface area contributed by atoms with E-state index < -0.39 is 15.9 Å². The predicted molar refractivity (Wildman–Crippen MR) is 87.1 cm³/mol. The van der Waals surface area contributed by atoms with Crippen LogP contribution < -0.4 is 5.32 Å². The van der Waals surface area contributed by atoms with Crippen LogP contribution >= 0.6 is 0 Å². The molecule has 9 heteroatoms. The first-order valence-corrected chi connectivity index (χ1v) is 8.65. The largest absolute Gasteiger partial charge is 0.616 e. The minimum Gasteiger partial charge on any atom is -0.616 e. The maximum Gasteiger partial charge on any atom is 0.282 e. The average Bonchev–Trinajstić information content (AvgIpc) is 3.14. The molecule has 0 saturated carbocycles. The minimum absolute atomic E-state index is 0.164. The molecule has 1 amide bonds. The minimum atomic E-state index is -1.28. The number of nitrogens with one attached hydrogen (secondary N) is 2. The van der Waals surface area contributed by atoms with Gasteiger partial charge in [0, 0.05) is 0 Å². The molecule has 0 aliphatic heterocycles. The first kappa shape index (κ1) is 17.5. The molecule has 2 rings (SSSR count). The van der Waals surface area contributed by atoms with Crippen molar-refractivity contribution in [1.82, 2.24) is 20.2 Å². The summed E-state index contributed by atoms with van der Waals surface area (Å²) >= 11 is -1.28. The fourth-order valence-electron chi connectivity index (χ4n) is 1.71. The molecule has 0 radical (unpaired) electrons. The van der Waals surface area contributed by atoms with Gasteiger partial charge in [-0.1, -0.05) is 13.8 Å². The van der Waals surface area contributed by atoms with Crippen LogP contribution in [0.1, 0.15) is 34.1 Å². The van der Waals surface area contributed by atoms with E-state index in [2.05, 4.69) is 39.3 Å². The number of amides is 1. The number of anilines is 1. The monoisotopic (exact) mass is 339 g/mol. The van der Waals surface area contributed by atoms with Crippen molar-refractivity contribution < 1.29 is 13.8 Å². The van der Waals surface area contributed by atoms with E-state index >= 15 is 0 Å². The van der Waals surface area contributed by atoms with Crippen molar-refractivity contribution >= 4 is 23.0 Å². The summed E-state index contributed by atoms with van der Waals surface area (Å²) in [5, 5.41) is 10.3. The lowest BCUT2D eigenvalue weighted by atomic mass is 10.2. The molecule has 1 unspecified atom stereocenters. The van der Waals surface area contributed by atoms with Crippen LogP contribution in [-0.2, 0) is 16.0 Å². The quantitative estimate of drug-likeness (QED) is 0.744. The highest BCUT2D eigenvalue weighted by molar-refractivity contribution is 7.93. The zero-order chi connectivity index (χ0) is 17.0. The van der Waals surface area contributed by atoms with Crippen molar-refractivity contribution in [2.45, 2.75) is 38.9 Å². The molecule has 2 heterocycles. The number of oxazole rings is 1. The Labute approximate surface area is 137 Å². The number of aromatic nitrogens is 4. The van der Waals surface area contributed by atoms with Crippen molar-refractivity contribution in [2.75, 3.05) is 11.1 Å². The molecule has 1 atom stereocenters. The van der Waals surface area contributed by atoms with Gasteiger partial charge in [-0.2, -0.15) is 0 Å². The van der Waals surface area contributed by atoms with E-state index in [0.29, 0.717) is 17.5 Å².